The van der Waals surface area contributed by atoms with E-state index in [0.29, 0.717) is 5.01 Å². The van der Waals surface area contributed by atoms with Crippen molar-refractivity contribution in [1.82, 2.24) is 15.1 Å². The summed E-state index contributed by atoms with van der Waals surface area (Å²) in [6.45, 7) is 1.92. The van der Waals surface area contributed by atoms with Gasteiger partial charge in [-0.1, -0.05) is 23.5 Å². The predicted octanol–water partition coefficient (Wildman–Crippen LogP) is 2.67. The number of likely N-dealkylation sites (N-methyl/N-ethyl adjacent to an activating group) is 1. The standard InChI is InChI=1S/C16H21N5O6S/c1-10(27-12-8-6-5-7-11(12)21(23)24)14-18-19-15(28-14)17-16(22)20(2)9-13(25-3)26-4/h5-8,10,13H,9H2,1-4H3,(H,17,19,22). The number of amides is 2. The van der Waals surface area contributed by atoms with Crippen molar-refractivity contribution in [3.63, 3.8) is 0 Å². The lowest BCUT2D eigenvalue weighted by molar-refractivity contribution is -0.386. The van der Waals surface area contributed by atoms with Crippen molar-refractivity contribution in [2.75, 3.05) is 33.1 Å². The minimum atomic E-state index is -0.589. The van der Waals surface area contributed by atoms with Crippen molar-refractivity contribution in [3.05, 3.63) is 39.4 Å². The molecule has 1 N–H and O–H groups in total. The first-order valence-corrected chi connectivity index (χ1v) is 8.98. The number of carbonyl (C=O) groups excluding carboxylic acids is 1. The summed E-state index contributed by atoms with van der Waals surface area (Å²) in [6, 6.07) is 5.66. The van der Waals surface area contributed by atoms with Crippen molar-refractivity contribution in [2.24, 2.45) is 0 Å². The molecule has 1 heterocycles. The molecule has 0 aliphatic rings. The molecule has 0 saturated carbocycles. The van der Waals surface area contributed by atoms with Crippen molar-refractivity contribution in [2.45, 2.75) is 19.3 Å². The maximum atomic E-state index is 12.2. The fraction of sp³-hybridized carbons (Fsp3) is 0.438. The molecule has 1 unspecified atom stereocenters. The van der Waals surface area contributed by atoms with E-state index >= 15 is 0 Å². The molecule has 2 amide bonds. The summed E-state index contributed by atoms with van der Waals surface area (Å²) >= 11 is 1.11. The molecule has 28 heavy (non-hydrogen) atoms. The quantitative estimate of drug-likeness (QED) is 0.379. The van der Waals surface area contributed by atoms with E-state index in [0.717, 1.165) is 11.3 Å². The summed E-state index contributed by atoms with van der Waals surface area (Å²) in [5.74, 6) is 0.130. The molecular weight excluding hydrogens is 390 g/mol. The summed E-state index contributed by atoms with van der Waals surface area (Å²) in [5, 5.41) is 22.3. The van der Waals surface area contributed by atoms with E-state index < -0.39 is 23.3 Å². The van der Waals surface area contributed by atoms with Crippen molar-refractivity contribution in [3.8, 4) is 5.75 Å². The highest BCUT2D eigenvalue weighted by molar-refractivity contribution is 7.15. The van der Waals surface area contributed by atoms with Crippen LogP contribution in [-0.2, 0) is 9.47 Å². The zero-order valence-corrected chi connectivity index (χ0v) is 16.6. The number of nitrogens with zero attached hydrogens (tertiary/aromatic N) is 4. The van der Waals surface area contributed by atoms with Gasteiger partial charge in [-0.05, 0) is 13.0 Å². The van der Waals surface area contributed by atoms with Gasteiger partial charge in [0.1, 0.15) is 6.10 Å². The average molecular weight is 411 g/mol. The lowest BCUT2D eigenvalue weighted by Crippen LogP contribution is -2.38. The van der Waals surface area contributed by atoms with Crippen molar-refractivity contribution >= 4 is 28.2 Å². The normalized spacial score (nSPS) is 11.9. The Morgan fingerprint density at radius 1 is 1.32 bits per heavy atom. The topological polar surface area (TPSA) is 129 Å². The molecule has 152 valence electrons. The maximum Gasteiger partial charge on any atom is 0.323 e. The number of para-hydroxylation sites is 2. The van der Waals surface area contributed by atoms with Crippen LogP contribution in [0.2, 0.25) is 0 Å². The van der Waals surface area contributed by atoms with Crippen LogP contribution in [0.5, 0.6) is 5.75 Å². The van der Waals surface area contributed by atoms with Crippen LogP contribution >= 0.6 is 11.3 Å². The first-order chi connectivity index (χ1) is 13.3. The van der Waals surface area contributed by atoms with E-state index in [4.69, 9.17) is 14.2 Å². The third-order valence-corrected chi connectivity index (χ3v) is 4.66. The van der Waals surface area contributed by atoms with Gasteiger partial charge in [0.25, 0.3) is 0 Å². The molecule has 0 aliphatic heterocycles. The minimum absolute atomic E-state index is 0.130. The van der Waals surface area contributed by atoms with Gasteiger partial charge in [-0.25, -0.2) is 4.79 Å². The predicted molar refractivity (Wildman–Crippen MR) is 102 cm³/mol. The van der Waals surface area contributed by atoms with Gasteiger partial charge in [0.15, 0.2) is 17.0 Å². The Morgan fingerprint density at radius 2 is 2.00 bits per heavy atom. The summed E-state index contributed by atoms with van der Waals surface area (Å²) in [6.07, 6.45) is -1.14. The van der Waals surface area contributed by atoms with Crippen molar-refractivity contribution < 1.29 is 23.9 Å². The number of methoxy groups -OCH3 is 2. The molecule has 2 aromatic rings. The molecule has 0 radical (unpaired) electrons. The lowest BCUT2D eigenvalue weighted by atomic mass is 10.3. The number of aromatic nitrogens is 2. The molecule has 0 saturated heterocycles. The number of carbonyl (C=O) groups is 1. The molecule has 1 atom stereocenters. The van der Waals surface area contributed by atoms with Crippen LogP contribution in [0.4, 0.5) is 15.6 Å². The van der Waals surface area contributed by atoms with Crippen LogP contribution in [0.25, 0.3) is 0 Å². The lowest BCUT2D eigenvalue weighted by Gasteiger charge is -2.21. The van der Waals surface area contributed by atoms with Crippen LogP contribution < -0.4 is 10.1 Å². The van der Waals surface area contributed by atoms with E-state index in [2.05, 4.69) is 15.5 Å². The van der Waals surface area contributed by atoms with Gasteiger partial charge in [-0.3, -0.25) is 15.4 Å². The van der Waals surface area contributed by atoms with E-state index in [1.807, 2.05) is 0 Å². The van der Waals surface area contributed by atoms with Gasteiger partial charge >= 0.3 is 11.7 Å². The Bertz CT molecular complexity index is 812. The highest BCUT2D eigenvalue weighted by Crippen LogP contribution is 2.32. The minimum Gasteiger partial charge on any atom is -0.476 e. The second-order valence-electron chi connectivity index (χ2n) is 5.64. The molecule has 2 rings (SSSR count). The Morgan fingerprint density at radius 3 is 2.64 bits per heavy atom. The van der Waals surface area contributed by atoms with Crippen LogP contribution in [0.3, 0.4) is 0 Å². The van der Waals surface area contributed by atoms with Crippen LogP contribution in [0, 0.1) is 10.1 Å². The molecule has 0 aliphatic carbocycles. The maximum absolute atomic E-state index is 12.2. The van der Waals surface area contributed by atoms with Crippen LogP contribution in [0.15, 0.2) is 24.3 Å². The molecule has 12 heteroatoms. The summed E-state index contributed by atoms with van der Waals surface area (Å²) < 4.78 is 15.8. The van der Waals surface area contributed by atoms with Gasteiger partial charge in [0.05, 0.1) is 11.5 Å². The molecule has 1 aromatic carbocycles. The molecule has 1 aromatic heterocycles. The number of anilines is 1. The van der Waals surface area contributed by atoms with Gasteiger partial charge in [-0.2, -0.15) is 0 Å². The Labute approximate surface area is 165 Å². The van der Waals surface area contributed by atoms with Crippen LogP contribution in [0.1, 0.15) is 18.0 Å². The SMILES string of the molecule is COC(CN(C)C(=O)Nc1nnc(C(C)Oc2ccccc2[N+](=O)[O-])s1)OC. The van der Waals surface area contributed by atoms with Gasteiger partial charge in [0, 0.05) is 27.3 Å². The smallest absolute Gasteiger partial charge is 0.323 e. The summed E-state index contributed by atoms with van der Waals surface area (Å²) in [7, 11) is 4.55. The van der Waals surface area contributed by atoms with E-state index in [-0.39, 0.29) is 23.1 Å². The molecule has 0 bridgehead atoms. The zero-order chi connectivity index (χ0) is 20.7. The van der Waals surface area contributed by atoms with Crippen LogP contribution in [-0.4, -0.2) is 60.2 Å². The molecule has 11 nitrogen and oxygen atoms in total. The third-order valence-electron chi connectivity index (χ3n) is 3.66. The molecular formula is C16H21N5O6S. The van der Waals surface area contributed by atoms with Gasteiger partial charge in [0.2, 0.25) is 5.13 Å². The fourth-order valence-corrected chi connectivity index (χ4v) is 2.85. The molecule has 0 fully saturated rings. The molecule has 0 spiro atoms. The number of nitro benzene ring substituents is 1. The monoisotopic (exact) mass is 411 g/mol. The first kappa shape index (κ1) is 21.5. The second kappa shape index (κ2) is 9.92. The van der Waals surface area contributed by atoms with E-state index in [1.165, 1.54) is 31.3 Å². The third kappa shape index (κ3) is 5.58. The highest BCUT2D eigenvalue weighted by Gasteiger charge is 2.21. The van der Waals surface area contributed by atoms with Gasteiger partial charge in [-0.15, -0.1) is 10.2 Å². The first-order valence-electron chi connectivity index (χ1n) is 8.16. The largest absolute Gasteiger partial charge is 0.476 e. The van der Waals surface area contributed by atoms with Gasteiger partial charge < -0.3 is 19.1 Å². The number of nitrogens with one attached hydrogen (secondary N) is 1. The zero-order valence-electron chi connectivity index (χ0n) is 15.8. The highest BCUT2D eigenvalue weighted by atomic mass is 32.1. The Balaban J connectivity index is 2.00. The Hall–Kier alpha value is -2.83. The number of benzene rings is 1. The number of urea groups is 1. The Kier molecular flexibility index (Phi) is 7.61. The van der Waals surface area contributed by atoms with Crippen molar-refractivity contribution in [1.29, 1.82) is 0 Å². The summed E-state index contributed by atoms with van der Waals surface area (Å²) in [4.78, 5) is 24.1. The number of rotatable bonds is 9. The number of hydrogen-bond donors (Lipinski definition) is 1. The number of hydrogen-bond acceptors (Lipinski definition) is 9. The number of ether oxygens (including phenoxy) is 3. The van der Waals surface area contributed by atoms with E-state index in [9.17, 15) is 14.9 Å². The fourth-order valence-electron chi connectivity index (χ4n) is 2.14. The van der Waals surface area contributed by atoms with E-state index in [1.54, 1.807) is 26.1 Å². The summed E-state index contributed by atoms with van der Waals surface area (Å²) in [5.41, 5.74) is -0.139. The second-order valence-corrected chi connectivity index (χ2v) is 6.65. The number of nitro groups is 1. The average Bonchev–Trinajstić information content (AvgIpc) is 3.14.